The van der Waals surface area contributed by atoms with E-state index in [1.54, 1.807) is 23.7 Å². The Labute approximate surface area is 123 Å². The van der Waals surface area contributed by atoms with Gasteiger partial charge in [-0.1, -0.05) is 0 Å². The number of nitrogens with zero attached hydrogens (tertiary/aromatic N) is 2. The van der Waals surface area contributed by atoms with E-state index in [9.17, 15) is 14.4 Å². The molecule has 0 aromatic rings. The summed E-state index contributed by atoms with van der Waals surface area (Å²) in [7, 11) is 1.63. The number of amides is 2. The monoisotopic (exact) mass is 302 g/mol. The van der Waals surface area contributed by atoms with Gasteiger partial charge in [0.2, 0.25) is 11.8 Å². The van der Waals surface area contributed by atoms with E-state index < -0.39 is 5.97 Å². The summed E-state index contributed by atoms with van der Waals surface area (Å²) in [6.07, 6.45) is 3.35. The summed E-state index contributed by atoms with van der Waals surface area (Å²) in [5.41, 5.74) is 0. The SMILES string of the molecule is CSCCC(=O)N(C)CC(=O)N1CCC(C(=O)O)CC1. The minimum absolute atomic E-state index is 0.0341. The number of likely N-dealkylation sites (N-methyl/N-ethyl adjacent to an activating group) is 1. The fourth-order valence-electron chi connectivity index (χ4n) is 2.15. The number of carbonyl (C=O) groups excluding carboxylic acids is 2. The zero-order chi connectivity index (χ0) is 15.1. The van der Waals surface area contributed by atoms with Crippen LogP contribution < -0.4 is 0 Å². The molecule has 2 amide bonds. The zero-order valence-electron chi connectivity index (χ0n) is 12.0. The van der Waals surface area contributed by atoms with Crippen LogP contribution in [0.3, 0.4) is 0 Å². The molecule has 1 N–H and O–H groups in total. The average Bonchev–Trinajstić information content (AvgIpc) is 2.44. The molecule has 0 spiro atoms. The van der Waals surface area contributed by atoms with Crippen LogP contribution in [-0.4, -0.2) is 71.4 Å². The highest BCUT2D eigenvalue weighted by Gasteiger charge is 2.27. The molecule has 7 heteroatoms. The molecule has 0 aromatic heterocycles. The summed E-state index contributed by atoms with van der Waals surface area (Å²) in [5, 5.41) is 8.91. The van der Waals surface area contributed by atoms with Crippen molar-refractivity contribution < 1.29 is 19.5 Å². The fraction of sp³-hybridized carbons (Fsp3) is 0.769. The predicted molar refractivity (Wildman–Crippen MR) is 77.6 cm³/mol. The first-order valence-electron chi connectivity index (χ1n) is 6.69. The van der Waals surface area contributed by atoms with Crippen molar-refractivity contribution in [2.75, 3.05) is 38.7 Å². The Hall–Kier alpha value is -1.24. The Bertz CT molecular complexity index is 367. The molecule has 1 saturated heterocycles. The second-order valence-electron chi connectivity index (χ2n) is 4.99. The van der Waals surface area contributed by atoms with Crippen LogP contribution >= 0.6 is 11.8 Å². The molecule has 114 valence electrons. The third-order valence-electron chi connectivity index (χ3n) is 3.52. The van der Waals surface area contributed by atoms with E-state index in [1.165, 1.54) is 4.90 Å². The van der Waals surface area contributed by atoms with Gasteiger partial charge in [0.25, 0.3) is 0 Å². The maximum absolute atomic E-state index is 12.0. The standard InChI is InChI=1S/C13H22N2O4S/c1-14(11(16)5-8-20-2)9-12(17)15-6-3-10(4-7-15)13(18)19/h10H,3-9H2,1-2H3,(H,18,19). The van der Waals surface area contributed by atoms with Crippen LogP contribution in [0.4, 0.5) is 0 Å². The minimum atomic E-state index is -0.790. The first kappa shape index (κ1) is 16.8. The van der Waals surface area contributed by atoms with Crippen LogP contribution in [0.5, 0.6) is 0 Å². The molecule has 0 aromatic carbocycles. The lowest BCUT2D eigenvalue weighted by molar-refractivity contribution is -0.146. The summed E-state index contributed by atoms with van der Waals surface area (Å²) in [5.74, 6) is -0.523. The maximum Gasteiger partial charge on any atom is 0.306 e. The average molecular weight is 302 g/mol. The Kier molecular flexibility index (Phi) is 6.84. The summed E-state index contributed by atoms with van der Waals surface area (Å²) in [6, 6.07) is 0. The van der Waals surface area contributed by atoms with Gasteiger partial charge < -0.3 is 14.9 Å². The molecule has 0 saturated carbocycles. The van der Waals surface area contributed by atoms with E-state index in [1.807, 2.05) is 6.26 Å². The lowest BCUT2D eigenvalue weighted by Gasteiger charge is -2.31. The van der Waals surface area contributed by atoms with Crippen LogP contribution in [-0.2, 0) is 14.4 Å². The Morgan fingerprint density at radius 1 is 1.30 bits per heavy atom. The van der Waals surface area contributed by atoms with Gasteiger partial charge in [-0.3, -0.25) is 14.4 Å². The molecule has 0 bridgehead atoms. The van der Waals surface area contributed by atoms with Gasteiger partial charge in [-0.05, 0) is 19.1 Å². The van der Waals surface area contributed by atoms with Gasteiger partial charge in [-0.2, -0.15) is 11.8 Å². The van der Waals surface area contributed by atoms with Gasteiger partial charge in [-0.25, -0.2) is 0 Å². The number of thioether (sulfide) groups is 1. The normalized spacial score (nSPS) is 16.0. The highest BCUT2D eigenvalue weighted by molar-refractivity contribution is 7.98. The van der Waals surface area contributed by atoms with E-state index in [2.05, 4.69) is 0 Å². The minimum Gasteiger partial charge on any atom is -0.481 e. The quantitative estimate of drug-likeness (QED) is 0.774. The molecular weight excluding hydrogens is 280 g/mol. The van der Waals surface area contributed by atoms with Crippen molar-refractivity contribution in [1.29, 1.82) is 0 Å². The van der Waals surface area contributed by atoms with Gasteiger partial charge >= 0.3 is 5.97 Å². The van der Waals surface area contributed by atoms with E-state index in [-0.39, 0.29) is 24.3 Å². The first-order chi connectivity index (χ1) is 9.45. The van der Waals surface area contributed by atoms with Crippen molar-refractivity contribution in [2.24, 2.45) is 5.92 Å². The Balaban J connectivity index is 2.36. The molecule has 0 radical (unpaired) electrons. The van der Waals surface area contributed by atoms with Crippen molar-refractivity contribution in [2.45, 2.75) is 19.3 Å². The number of hydrogen-bond donors (Lipinski definition) is 1. The van der Waals surface area contributed by atoms with Gasteiger partial charge in [0.05, 0.1) is 12.5 Å². The first-order valence-corrected chi connectivity index (χ1v) is 8.08. The number of hydrogen-bond acceptors (Lipinski definition) is 4. The van der Waals surface area contributed by atoms with Crippen molar-refractivity contribution in [3.63, 3.8) is 0 Å². The smallest absolute Gasteiger partial charge is 0.306 e. The number of carbonyl (C=O) groups is 3. The largest absolute Gasteiger partial charge is 0.481 e. The third kappa shape index (κ3) is 5.03. The second-order valence-corrected chi connectivity index (χ2v) is 5.97. The molecule has 20 heavy (non-hydrogen) atoms. The van der Waals surface area contributed by atoms with Gasteiger partial charge in [0.1, 0.15) is 0 Å². The summed E-state index contributed by atoms with van der Waals surface area (Å²) >= 11 is 1.60. The van der Waals surface area contributed by atoms with Gasteiger partial charge in [0, 0.05) is 32.3 Å². The van der Waals surface area contributed by atoms with Crippen molar-refractivity contribution in [3.05, 3.63) is 0 Å². The molecule has 1 aliphatic rings. The summed E-state index contributed by atoms with van der Waals surface area (Å²) in [6.45, 7) is 0.996. The third-order valence-corrected chi connectivity index (χ3v) is 4.13. The molecular formula is C13H22N2O4S. The number of carboxylic acid groups (broad SMARTS) is 1. The van der Waals surface area contributed by atoms with E-state index in [4.69, 9.17) is 5.11 Å². The number of piperidine rings is 1. The number of aliphatic carboxylic acids is 1. The highest BCUT2D eigenvalue weighted by atomic mass is 32.2. The number of likely N-dealkylation sites (tertiary alicyclic amines) is 1. The predicted octanol–water partition coefficient (Wildman–Crippen LogP) is 0.521. The molecule has 1 fully saturated rings. The molecule has 1 heterocycles. The summed E-state index contributed by atoms with van der Waals surface area (Å²) in [4.78, 5) is 37.7. The molecule has 1 aliphatic heterocycles. The van der Waals surface area contributed by atoms with Crippen LogP contribution in [0.1, 0.15) is 19.3 Å². The van der Waals surface area contributed by atoms with Crippen LogP contribution in [0.25, 0.3) is 0 Å². The summed E-state index contributed by atoms with van der Waals surface area (Å²) < 4.78 is 0. The highest BCUT2D eigenvalue weighted by Crippen LogP contribution is 2.17. The Morgan fingerprint density at radius 3 is 2.40 bits per heavy atom. The second kappa shape index (κ2) is 8.14. The van der Waals surface area contributed by atoms with Crippen molar-refractivity contribution in [1.82, 2.24) is 9.80 Å². The fourth-order valence-corrected chi connectivity index (χ4v) is 2.53. The van der Waals surface area contributed by atoms with Crippen molar-refractivity contribution >= 4 is 29.5 Å². The van der Waals surface area contributed by atoms with E-state index >= 15 is 0 Å². The number of carboxylic acids is 1. The number of rotatable bonds is 6. The lowest BCUT2D eigenvalue weighted by atomic mass is 9.97. The lowest BCUT2D eigenvalue weighted by Crippen LogP contribution is -2.45. The van der Waals surface area contributed by atoms with E-state index in [0.29, 0.717) is 32.4 Å². The molecule has 6 nitrogen and oxygen atoms in total. The molecule has 1 rings (SSSR count). The maximum atomic E-state index is 12.0. The topological polar surface area (TPSA) is 77.9 Å². The van der Waals surface area contributed by atoms with Gasteiger partial charge in [0.15, 0.2) is 0 Å². The van der Waals surface area contributed by atoms with E-state index in [0.717, 1.165) is 5.75 Å². The Morgan fingerprint density at radius 2 is 1.90 bits per heavy atom. The molecule has 0 aliphatic carbocycles. The van der Waals surface area contributed by atoms with Crippen LogP contribution in [0.2, 0.25) is 0 Å². The van der Waals surface area contributed by atoms with Crippen molar-refractivity contribution in [3.8, 4) is 0 Å². The van der Waals surface area contributed by atoms with Crippen LogP contribution in [0.15, 0.2) is 0 Å². The molecule has 0 atom stereocenters. The molecule has 0 unspecified atom stereocenters. The zero-order valence-corrected chi connectivity index (χ0v) is 12.8. The van der Waals surface area contributed by atoms with Gasteiger partial charge in [-0.15, -0.1) is 0 Å². The van der Waals surface area contributed by atoms with Crippen LogP contribution in [0, 0.1) is 5.92 Å².